The Morgan fingerprint density at radius 3 is 2.30 bits per heavy atom. The van der Waals surface area contributed by atoms with Crippen molar-refractivity contribution in [3.05, 3.63) is 29.8 Å². The number of benzene rings is 1. The van der Waals surface area contributed by atoms with E-state index >= 15 is 0 Å². The summed E-state index contributed by atoms with van der Waals surface area (Å²) in [5, 5.41) is 3.76. The first-order valence-electron chi connectivity index (χ1n) is 6.94. The minimum Gasteiger partial charge on any atom is -0.308 e. The van der Waals surface area contributed by atoms with Crippen molar-refractivity contribution in [3.63, 3.8) is 0 Å². The highest BCUT2D eigenvalue weighted by atomic mass is 35.5. The van der Waals surface area contributed by atoms with E-state index in [1.54, 1.807) is 11.8 Å². The maximum Gasteiger partial charge on any atom is 0.0227 e. The zero-order valence-electron chi connectivity index (χ0n) is 11.9. The number of nitrogens with one attached hydrogen (secondary N) is 1. The Hall–Kier alpha value is 0.0700. The van der Waals surface area contributed by atoms with Crippen LogP contribution in [0.15, 0.2) is 29.2 Å². The molecule has 1 aromatic carbocycles. The molecule has 3 aliphatic rings. The topological polar surface area (TPSA) is 15.3 Å². The van der Waals surface area contributed by atoms with E-state index in [0.717, 1.165) is 12.5 Å². The highest BCUT2D eigenvalue weighted by Crippen LogP contribution is 2.27. The minimum absolute atomic E-state index is 0. The third kappa shape index (κ3) is 4.28. The van der Waals surface area contributed by atoms with Crippen molar-refractivity contribution < 1.29 is 0 Å². The van der Waals surface area contributed by atoms with Gasteiger partial charge in [0.2, 0.25) is 0 Å². The zero-order chi connectivity index (χ0) is 12.4. The summed E-state index contributed by atoms with van der Waals surface area (Å²) in [6, 6.07) is 9.66. The van der Waals surface area contributed by atoms with Gasteiger partial charge in [0.25, 0.3) is 0 Å². The first-order valence-corrected chi connectivity index (χ1v) is 8.16. The van der Waals surface area contributed by atoms with Gasteiger partial charge >= 0.3 is 0 Å². The van der Waals surface area contributed by atoms with Gasteiger partial charge in [-0.3, -0.25) is 0 Å². The van der Waals surface area contributed by atoms with Crippen molar-refractivity contribution in [3.8, 4) is 0 Å². The summed E-state index contributed by atoms with van der Waals surface area (Å²) in [5.74, 6) is 0.917. The molecule has 3 aliphatic heterocycles. The molecule has 4 rings (SSSR count). The molecule has 20 heavy (non-hydrogen) atoms. The summed E-state index contributed by atoms with van der Waals surface area (Å²) < 4.78 is 0. The van der Waals surface area contributed by atoms with Crippen molar-refractivity contribution >= 4 is 36.6 Å². The SMILES string of the molecule is CSc1ccc(CNC2CN3CCC2CC3)cc1.Cl.Cl. The first kappa shape index (κ1) is 18.1. The first-order chi connectivity index (χ1) is 8.85. The standard InChI is InChI=1S/C15H22N2S.2ClH/c1-18-14-4-2-12(3-5-14)10-16-15-11-17-8-6-13(15)7-9-17;;/h2-5,13,15-16H,6-11H2,1H3;2*1H. The molecule has 0 radical (unpaired) electrons. The zero-order valence-corrected chi connectivity index (χ0v) is 14.3. The Kier molecular flexibility index (Phi) is 7.70. The number of halogens is 2. The average Bonchev–Trinajstić information content (AvgIpc) is 2.47. The maximum atomic E-state index is 3.76. The molecule has 1 atom stereocenters. The Bertz CT molecular complexity index is 391. The van der Waals surface area contributed by atoms with Crippen LogP contribution in [-0.2, 0) is 6.54 Å². The number of hydrogen-bond donors (Lipinski definition) is 1. The van der Waals surface area contributed by atoms with Crippen LogP contribution in [0, 0.1) is 5.92 Å². The molecule has 0 aromatic heterocycles. The molecule has 0 amide bonds. The van der Waals surface area contributed by atoms with Gasteiger partial charge in [0.05, 0.1) is 0 Å². The molecule has 2 bridgehead atoms. The highest BCUT2D eigenvalue weighted by Gasteiger charge is 2.33. The molecular formula is C15H24Cl2N2S. The number of thioether (sulfide) groups is 1. The quantitative estimate of drug-likeness (QED) is 0.849. The molecule has 114 valence electrons. The van der Waals surface area contributed by atoms with Gasteiger partial charge < -0.3 is 10.2 Å². The molecule has 1 N–H and O–H groups in total. The van der Waals surface area contributed by atoms with Crippen molar-refractivity contribution in [2.45, 2.75) is 30.3 Å². The average molecular weight is 335 g/mol. The predicted molar refractivity (Wildman–Crippen MR) is 92.5 cm³/mol. The van der Waals surface area contributed by atoms with Crippen LogP contribution in [0.4, 0.5) is 0 Å². The smallest absolute Gasteiger partial charge is 0.0227 e. The molecule has 0 aliphatic carbocycles. The molecule has 3 fully saturated rings. The van der Waals surface area contributed by atoms with Gasteiger partial charge in [-0.15, -0.1) is 36.6 Å². The molecule has 3 saturated heterocycles. The fraction of sp³-hybridized carbons (Fsp3) is 0.600. The van der Waals surface area contributed by atoms with E-state index in [1.165, 1.54) is 42.9 Å². The Labute approximate surface area is 138 Å². The third-order valence-corrected chi connectivity index (χ3v) is 5.13. The monoisotopic (exact) mass is 334 g/mol. The molecule has 1 aromatic rings. The summed E-state index contributed by atoms with van der Waals surface area (Å²) in [4.78, 5) is 3.95. The summed E-state index contributed by atoms with van der Waals surface area (Å²) >= 11 is 1.81. The lowest BCUT2D eigenvalue weighted by Crippen LogP contribution is -2.55. The Balaban J connectivity index is 0.000001000. The fourth-order valence-corrected chi connectivity index (χ4v) is 3.60. The van der Waals surface area contributed by atoms with Gasteiger partial charge in [-0.05, 0) is 55.8 Å². The number of hydrogen-bond acceptors (Lipinski definition) is 3. The number of nitrogens with zero attached hydrogens (tertiary/aromatic N) is 1. The largest absolute Gasteiger partial charge is 0.308 e. The van der Waals surface area contributed by atoms with Crippen LogP contribution < -0.4 is 5.32 Å². The van der Waals surface area contributed by atoms with Crippen LogP contribution in [0.2, 0.25) is 0 Å². The van der Waals surface area contributed by atoms with E-state index in [4.69, 9.17) is 0 Å². The van der Waals surface area contributed by atoms with E-state index in [1.807, 2.05) is 0 Å². The summed E-state index contributed by atoms with van der Waals surface area (Å²) in [6.07, 6.45) is 4.91. The molecule has 5 heteroatoms. The molecular weight excluding hydrogens is 311 g/mol. The molecule has 3 heterocycles. The third-order valence-electron chi connectivity index (χ3n) is 4.38. The van der Waals surface area contributed by atoms with Gasteiger partial charge in [0.1, 0.15) is 0 Å². The molecule has 0 saturated carbocycles. The van der Waals surface area contributed by atoms with Crippen LogP contribution in [0.1, 0.15) is 18.4 Å². The summed E-state index contributed by atoms with van der Waals surface area (Å²) in [5.41, 5.74) is 1.41. The summed E-state index contributed by atoms with van der Waals surface area (Å²) in [7, 11) is 0. The van der Waals surface area contributed by atoms with Crippen LogP contribution in [0.3, 0.4) is 0 Å². The van der Waals surface area contributed by atoms with E-state index < -0.39 is 0 Å². The second kappa shape index (κ2) is 8.50. The Morgan fingerprint density at radius 2 is 1.80 bits per heavy atom. The van der Waals surface area contributed by atoms with Crippen LogP contribution in [-0.4, -0.2) is 36.8 Å². The van der Waals surface area contributed by atoms with Gasteiger partial charge in [-0.25, -0.2) is 0 Å². The van der Waals surface area contributed by atoms with Crippen LogP contribution >= 0.6 is 36.6 Å². The fourth-order valence-electron chi connectivity index (χ4n) is 3.19. The van der Waals surface area contributed by atoms with Gasteiger partial charge in [-0.2, -0.15) is 0 Å². The predicted octanol–water partition coefficient (Wildman–Crippen LogP) is 3.44. The van der Waals surface area contributed by atoms with Crippen molar-refractivity contribution in [2.24, 2.45) is 5.92 Å². The number of fused-ring (bicyclic) bond motifs is 3. The van der Waals surface area contributed by atoms with E-state index in [0.29, 0.717) is 6.04 Å². The van der Waals surface area contributed by atoms with Crippen molar-refractivity contribution in [2.75, 3.05) is 25.9 Å². The van der Waals surface area contributed by atoms with Crippen molar-refractivity contribution in [1.29, 1.82) is 0 Å². The molecule has 1 unspecified atom stereocenters. The maximum absolute atomic E-state index is 3.76. The number of rotatable bonds is 4. The van der Waals surface area contributed by atoms with E-state index in [2.05, 4.69) is 40.7 Å². The van der Waals surface area contributed by atoms with Gasteiger partial charge in [0, 0.05) is 24.0 Å². The lowest BCUT2D eigenvalue weighted by Gasteiger charge is -2.45. The number of piperidine rings is 3. The van der Waals surface area contributed by atoms with E-state index in [9.17, 15) is 0 Å². The molecule has 0 spiro atoms. The van der Waals surface area contributed by atoms with Gasteiger partial charge in [0.15, 0.2) is 0 Å². The lowest BCUT2D eigenvalue weighted by atomic mass is 9.84. The lowest BCUT2D eigenvalue weighted by molar-refractivity contribution is 0.0720. The van der Waals surface area contributed by atoms with Crippen LogP contribution in [0.5, 0.6) is 0 Å². The normalized spacial score (nSPS) is 27.6. The highest BCUT2D eigenvalue weighted by molar-refractivity contribution is 7.98. The van der Waals surface area contributed by atoms with Gasteiger partial charge in [-0.1, -0.05) is 12.1 Å². The Morgan fingerprint density at radius 1 is 1.15 bits per heavy atom. The minimum atomic E-state index is 0. The summed E-state index contributed by atoms with van der Waals surface area (Å²) in [6.45, 7) is 4.92. The van der Waals surface area contributed by atoms with Crippen molar-refractivity contribution in [1.82, 2.24) is 10.2 Å². The van der Waals surface area contributed by atoms with E-state index in [-0.39, 0.29) is 24.8 Å². The second-order valence-electron chi connectivity index (χ2n) is 5.47. The molecule has 2 nitrogen and oxygen atoms in total. The van der Waals surface area contributed by atoms with Crippen LogP contribution in [0.25, 0.3) is 0 Å². The second-order valence-corrected chi connectivity index (χ2v) is 6.35.